The topological polar surface area (TPSA) is 156 Å². The highest BCUT2D eigenvalue weighted by molar-refractivity contribution is 6.00. The van der Waals surface area contributed by atoms with Crippen LogP contribution in [0.4, 0.5) is 10.6 Å². The minimum Gasteiger partial charge on any atom is -0.491 e. The largest absolute Gasteiger partial charge is 0.491 e. The molecule has 4 rings (SSSR count). The van der Waals surface area contributed by atoms with Crippen LogP contribution in [0, 0.1) is 6.92 Å². The van der Waals surface area contributed by atoms with E-state index >= 15 is 0 Å². The van der Waals surface area contributed by atoms with Crippen molar-refractivity contribution in [2.75, 3.05) is 84.0 Å². The van der Waals surface area contributed by atoms with Crippen molar-refractivity contribution >= 4 is 28.6 Å². The number of benzene rings is 3. The number of aryl methyl sites for hydroxylation is 1. The van der Waals surface area contributed by atoms with Crippen molar-refractivity contribution in [3.63, 3.8) is 0 Å². The van der Waals surface area contributed by atoms with E-state index in [1.165, 1.54) is 4.90 Å². The molecule has 13 nitrogen and oxygen atoms in total. The number of nitrogens with zero attached hydrogens (tertiary/aromatic N) is 2. The summed E-state index contributed by atoms with van der Waals surface area (Å²) in [5, 5.41) is 8.63. The Morgan fingerprint density at radius 2 is 1.44 bits per heavy atom. The molecule has 0 aliphatic heterocycles. The third-order valence-electron chi connectivity index (χ3n) is 9.63. The van der Waals surface area contributed by atoms with Gasteiger partial charge in [0.15, 0.2) is 0 Å². The van der Waals surface area contributed by atoms with Crippen LogP contribution in [0.1, 0.15) is 70.5 Å². The zero-order valence-corrected chi connectivity index (χ0v) is 38.0. The smallest absolute Gasteiger partial charge is 0.416 e. The monoisotopic (exact) mass is 868 g/mol. The van der Waals surface area contributed by atoms with Gasteiger partial charge in [0.25, 0.3) is 0 Å². The van der Waals surface area contributed by atoms with Gasteiger partial charge in [-0.1, -0.05) is 66.7 Å². The molecule has 0 bridgehead atoms. The number of pyridine rings is 1. The molecule has 13 heteroatoms. The second kappa shape index (κ2) is 27.0. The van der Waals surface area contributed by atoms with Gasteiger partial charge in [-0.2, -0.15) is 0 Å². The highest BCUT2D eigenvalue weighted by Crippen LogP contribution is 2.35. The average molecular weight is 868 g/mol. The van der Waals surface area contributed by atoms with Gasteiger partial charge < -0.3 is 44.8 Å². The molecule has 0 aliphatic rings. The minimum absolute atomic E-state index is 0.0810. The van der Waals surface area contributed by atoms with E-state index < -0.39 is 11.7 Å². The van der Waals surface area contributed by atoms with E-state index in [0.717, 1.165) is 44.3 Å². The average Bonchev–Trinajstić information content (AvgIpc) is 3.24. The molecule has 4 aromatic rings. The zero-order valence-electron chi connectivity index (χ0n) is 38.0. The number of fused-ring (bicyclic) bond motifs is 1. The number of carbonyl (C=O) groups is 2. The summed E-state index contributed by atoms with van der Waals surface area (Å²) >= 11 is 0. The molecule has 342 valence electrons. The van der Waals surface area contributed by atoms with Crippen LogP contribution in [0.15, 0.2) is 103 Å². The zero-order chi connectivity index (χ0) is 45.5. The summed E-state index contributed by atoms with van der Waals surface area (Å²) < 4.78 is 33.8. The molecule has 1 heterocycles. The second-order valence-electron chi connectivity index (χ2n) is 16.4. The van der Waals surface area contributed by atoms with Crippen LogP contribution in [0.3, 0.4) is 0 Å². The summed E-state index contributed by atoms with van der Waals surface area (Å²) in [7, 11) is 0. The summed E-state index contributed by atoms with van der Waals surface area (Å²) in [5.74, 6) is 1.24. The molecule has 2 amide bonds. The molecule has 0 radical (unpaired) electrons. The standard InChI is InChI=1S/C50H69N5O8/c1-37(2)34-45(54-39(4)36-53-48(56)14-10-11-24-55(49(57)63-50(5,6)7)47-35-38(3)21-23-52-47)41-17-15-40(16-18-41)42-19-20-46(44-13-9-8-12-43(42)44)62-33-32-61-31-30-60-29-28-59-27-26-58-25-22-51/h8-9,12-13,15-21,23,35,45,54H,1,4,10-11,14,22,24-34,36,51H2,2-3,5-7H3,(H,53,56). The first-order valence-electron chi connectivity index (χ1n) is 21.9. The van der Waals surface area contributed by atoms with Gasteiger partial charge in [0.2, 0.25) is 5.91 Å². The Balaban J connectivity index is 1.23. The molecule has 0 saturated carbocycles. The molecule has 0 spiro atoms. The lowest BCUT2D eigenvalue weighted by atomic mass is 9.94. The SMILES string of the molecule is C=C(C)CC(NC(=C)CNC(=O)CCCCN(C(=O)OC(C)(C)C)c1cc(C)ccn1)c1ccc(-c2ccc(OCCOCCOCCOCCOCCN)c3ccccc23)cc1. The molecular weight excluding hydrogens is 799 g/mol. The molecule has 63 heavy (non-hydrogen) atoms. The summed E-state index contributed by atoms with van der Waals surface area (Å²) in [6, 6.07) is 24.5. The van der Waals surface area contributed by atoms with Crippen molar-refractivity contribution in [1.82, 2.24) is 15.6 Å². The minimum atomic E-state index is -0.644. The van der Waals surface area contributed by atoms with Crippen LogP contribution < -0.4 is 26.0 Å². The number of anilines is 1. The lowest BCUT2D eigenvalue weighted by Crippen LogP contribution is -2.38. The quantitative estimate of drug-likeness (QED) is 0.0356. The normalized spacial score (nSPS) is 11.8. The number of amides is 2. The fraction of sp³-hybridized carbons (Fsp3) is 0.460. The predicted molar refractivity (Wildman–Crippen MR) is 251 cm³/mol. The predicted octanol–water partition coefficient (Wildman–Crippen LogP) is 8.45. The van der Waals surface area contributed by atoms with Crippen molar-refractivity contribution in [3.05, 3.63) is 115 Å². The third-order valence-corrected chi connectivity index (χ3v) is 9.63. The van der Waals surface area contributed by atoms with E-state index in [0.29, 0.717) is 110 Å². The summed E-state index contributed by atoms with van der Waals surface area (Å²) in [4.78, 5) is 31.8. The van der Waals surface area contributed by atoms with Crippen LogP contribution in [-0.4, -0.2) is 102 Å². The van der Waals surface area contributed by atoms with Crippen LogP contribution in [0.5, 0.6) is 5.75 Å². The molecular formula is C50H69N5O8. The first kappa shape index (κ1) is 50.3. The van der Waals surface area contributed by atoms with E-state index in [2.05, 4.69) is 71.2 Å². The third kappa shape index (κ3) is 18.5. The number of carbonyl (C=O) groups excluding carboxylic acids is 2. The first-order chi connectivity index (χ1) is 30.3. The van der Waals surface area contributed by atoms with E-state index in [-0.39, 0.29) is 18.5 Å². The molecule has 1 unspecified atom stereocenters. The van der Waals surface area contributed by atoms with Crippen molar-refractivity contribution < 1.29 is 38.0 Å². The molecule has 1 aromatic heterocycles. The number of nitrogens with two attached hydrogens (primary N) is 1. The van der Waals surface area contributed by atoms with Gasteiger partial charge in [-0.15, -0.1) is 6.58 Å². The van der Waals surface area contributed by atoms with Crippen molar-refractivity contribution in [1.29, 1.82) is 0 Å². The van der Waals surface area contributed by atoms with E-state index in [1.807, 2.05) is 65.0 Å². The van der Waals surface area contributed by atoms with Crippen LogP contribution in [0.25, 0.3) is 21.9 Å². The number of unbranched alkanes of at least 4 members (excludes halogenated alkanes) is 1. The Morgan fingerprint density at radius 1 is 0.810 bits per heavy atom. The number of nitrogens with one attached hydrogen (secondary N) is 2. The molecule has 1 atom stereocenters. The van der Waals surface area contributed by atoms with Gasteiger partial charge in [-0.3, -0.25) is 9.69 Å². The van der Waals surface area contributed by atoms with Crippen LogP contribution in [0.2, 0.25) is 0 Å². The lowest BCUT2D eigenvalue weighted by molar-refractivity contribution is -0.121. The summed E-state index contributed by atoms with van der Waals surface area (Å²) in [5.41, 5.74) is 10.7. The number of aromatic nitrogens is 1. The first-order valence-corrected chi connectivity index (χ1v) is 21.9. The maximum atomic E-state index is 13.0. The molecule has 3 aromatic carbocycles. The Labute approximate surface area is 374 Å². The van der Waals surface area contributed by atoms with Gasteiger partial charge in [-0.25, -0.2) is 9.78 Å². The van der Waals surface area contributed by atoms with Crippen molar-refractivity contribution in [2.24, 2.45) is 5.73 Å². The van der Waals surface area contributed by atoms with Gasteiger partial charge in [0.1, 0.15) is 23.8 Å². The van der Waals surface area contributed by atoms with Crippen molar-refractivity contribution in [2.45, 2.75) is 71.9 Å². The maximum absolute atomic E-state index is 13.0. The van der Waals surface area contributed by atoms with E-state index in [4.69, 9.17) is 34.2 Å². The highest BCUT2D eigenvalue weighted by Gasteiger charge is 2.24. The number of ether oxygens (including phenoxy) is 6. The lowest BCUT2D eigenvalue weighted by Gasteiger charge is -2.27. The molecule has 0 aliphatic carbocycles. The fourth-order valence-electron chi connectivity index (χ4n) is 6.63. The number of hydrogen-bond donors (Lipinski definition) is 3. The Kier molecular flexibility index (Phi) is 21.6. The Bertz CT molecular complexity index is 2030. The van der Waals surface area contributed by atoms with Gasteiger partial charge in [0, 0.05) is 36.8 Å². The number of rotatable bonds is 29. The molecule has 4 N–H and O–H groups in total. The Hall–Kier alpha value is -5.31. The fourth-order valence-corrected chi connectivity index (χ4v) is 6.63. The molecule has 0 fully saturated rings. The van der Waals surface area contributed by atoms with Crippen molar-refractivity contribution in [3.8, 4) is 16.9 Å². The maximum Gasteiger partial charge on any atom is 0.416 e. The number of hydrogen-bond acceptors (Lipinski definition) is 11. The van der Waals surface area contributed by atoms with E-state index in [9.17, 15) is 9.59 Å². The van der Waals surface area contributed by atoms with Gasteiger partial charge in [0.05, 0.1) is 65.4 Å². The van der Waals surface area contributed by atoms with Crippen LogP contribution >= 0.6 is 0 Å². The van der Waals surface area contributed by atoms with Gasteiger partial charge in [-0.05, 0) is 99.7 Å². The summed E-state index contributed by atoms with van der Waals surface area (Å²) in [6.45, 7) is 23.4. The summed E-state index contributed by atoms with van der Waals surface area (Å²) in [6.07, 6.45) is 3.41. The van der Waals surface area contributed by atoms with E-state index in [1.54, 1.807) is 6.20 Å². The second-order valence-corrected chi connectivity index (χ2v) is 16.4. The van der Waals surface area contributed by atoms with Crippen LogP contribution in [-0.2, 0) is 28.5 Å². The highest BCUT2D eigenvalue weighted by atomic mass is 16.6. The molecule has 0 saturated heterocycles. The Morgan fingerprint density at radius 3 is 2.06 bits per heavy atom. The van der Waals surface area contributed by atoms with Gasteiger partial charge >= 0.3 is 6.09 Å².